The molecule has 4 rings (SSSR count). The van der Waals surface area contributed by atoms with Crippen LogP contribution in [0.2, 0.25) is 0 Å². The Morgan fingerprint density at radius 2 is 1.78 bits per heavy atom. The van der Waals surface area contributed by atoms with E-state index in [2.05, 4.69) is 18.8 Å². The first-order valence-electron chi connectivity index (χ1n) is 12.0. The first-order chi connectivity index (χ1) is 15.6. The van der Waals surface area contributed by atoms with Gasteiger partial charge in [0.1, 0.15) is 18.2 Å². The molecule has 0 fully saturated rings. The zero-order chi connectivity index (χ0) is 22.6. The van der Waals surface area contributed by atoms with Crippen LogP contribution in [-0.4, -0.2) is 10.1 Å². The highest BCUT2D eigenvalue weighted by Gasteiger charge is 2.43. The van der Waals surface area contributed by atoms with Gasteiger partial charge in [0.2, 0.25) is 0 Å². The number of hydrogen-bond acceptors (Lipinski definition) is 3. The predicted molar refractivity (Wildman–Crippen MR) is 127 cm³/mol. The average Bonchev–Trinajstić information content (AvgIpc) is 2.82. The number of pyridine rings is 1. The third-order valence-electron chi connectivity index (χ3n) is 7.08. The molecule has 170 valence electrons. The minimum absolute atomic E-state index is 0.238. The molecule has 3 aromatic rings. The Bertz CT molecular complexity index is 1060. The summed E-state index contributed by atoms with van der Waals surface area (Å²) in [7, 11) is 0. The van der Waals surface area contributed by atoms with Crippen molar-refractivity contribution in [1.82, 2.24) is 4.98 Å². The molecule has 1 atom stereocenters. The number of aliphatic hydroxyl groups is 1. The SMILES string of the molecule is CCCCC1(CCCC)CCc2c(OCc3ccc4ccccc4n3)ccc(F)c2C1O. The monoisotopic (exact) mass is 435 g/mol. The fourth-order valence-electron chi connectivity index (χ4n) is 5.17. The summed E-state index contributed by atoms with van der Waals surface area (Å²) in [5, 5.41) is 12.5. The molecule has 0 saturated heterocycles. The summed E-state index contributed by atoms with van der Waals surface area (Å²) in [6.07, 6.45) is 6.98. The van der Waals surface area contributed by atoms with E-state index >= 15 is 0 Å². The van der Waals surface area contributed by atoms with Crippen molar-refractivity contribution in [2.24, 2.45) is 5.41 Å². The molecular weight excluding hydrogens is 401 g/mol. The minimum atomic E-state index is -0.785. The lowest BCUT2D eigenvalue weighted by Crippen LogP contribution is -2.35. The quantitative estimate of drug-likeness (QED) is 0.383. The second-order valence-corrected chi connectivity index (χ2v) is 9.19. The lowest BCUT2D eigenvalue weighted by atomic mass is 9.64. The van der Waals surface area contributed by atoms with Gasteiger partial charge in [-0.15, -0.1) is 0 Å². The van der Waals surface area contributed by atoms with Crippen molar-refractivity contribution in [3.8, 4) is 5.75 Å². The van der Waals surface area contributed by atoms with Gasteiger partial charge in [-0.25, -0.2) is 9.37 Å². The molecule has 0 spiro atoms. The van der Waals surface area contributed by atoms with Crippen LogP contribution in [0, 0.1) is 11.2 Å². The van der Waals surface area contributed by atoms with Crippen molar-refractivity contribution in [1.29, 1.82) is 0 Å². The summed E-state index contributed by atoms with van der Waals surface area (Å²) in [4.78, 5) is 4.68. The van der Waals surface area contributed by atoms with Crippen LogP contribution >= 0.6 is 0 Å². The number of nitrogens with zero attached hydrogens (tertiary/aromatic N) is 1. The van der Waals surface area contributed by atoms with E-state index in [1.165, 1.54) is 6.07 Å². The molecule has 0 amide bonds. The smallest absolute Gasteiger partial charge is 0.130 e. The molecule has 1 aliphatic rings. The summed E-state index contributed by atoms with van der Waals surface area (Å²) in [5.41, 5.74) is 2.80. The van der Waals surface area contributed by atoms with Crippen molar-refractivity contribution >= 4 is 10.9 Å². The molecule has 1 heterocycles. The number of benzene rings is 2. The van der Waals surface area contributed by atoms with Crippen LogP contribution in [0.1, 0.15) is 81.7 Å². The Hall–Kier alpha value is -2.46. The number of ether oxygens (including phenoxy) is 1. The molecule has 0 aliphatic heterocycles. The first-order valence-corrected chi connectivity index (χ1v) is 12.0. The van der Waals surface area contributed by atoms with E-state index in [1.807, 2.05) is 36.4 Å². The Labute approximate surface area is 190 Å². The van der Waals surface area contributed by atoms with E-state index in [9.17, 15) is 9.50 Å². The number of hydrogen-bond donors (Lipinski definition) is 1. The second-order valence-electron chi connectivity index (χ2n) is 9.19. The maximum atomic E-state index is 15.0. The first kappa shape index (κ1) is 22.7. The maximum Gasteiger partial charge on any atom is 0.130 e. The van der Waals surface area contributed by atoms with E-state index in [4.69, 9.17) is 4.74 Å². The van der Waals surface area contributed by atoms with Crippen LogP contribution in [0.15, 0.2) is 48.5 Å². The number of rotatable bonds is 9. The zero-order valence-corrected chi connectivity index (χ0v) is 19.2. The van der Waals surface area contributed by atoms with Gasteiger partial charge >= 0.3 is 0 Å². The van der Waals surface area contributed by atoms with Crippen LogP contribution in [0.3, 0.4) is 0 Å². The molecule has 0 bridgehead atoms. The van der Waals surface area contributed by atoms with Crippen molar-refractivity contribution in [2.75, 3.05) is 0 Å². The lowest BCUT2D eigenvalue weighted by molar-refractivity contribution is -0.0128. The van der Waals surface area contributed by atoms with Crippen LogP contribution in [0.5, 0.6) is 5.75 Å². The lowest BCUT2D eigenvalue weighted by Gasteiger charge is -2.43. The molecule has 0 saturated carbocycles. The molecule has 1 N–H and O–H groups in total. The van der Waals surface area contributed by atoms with Gasteiger partial charge in [-0.05, 0) is 49.9 Å². The van der Waals surface area contributed by atoms with Crippen LogP contribution in [0.25, 0.3) is 10.9 Å². The molecule has 0 radical (unpaired) electrons. The second kappa shape index (κ2) is 9.99. The van der Waals surface area contributed by atoms with Gasteiger partial charge in [-0.3, -0.25) is 0 Å². The van der Waals surface area contributed by atoms with E-state index < -0.39 is 6.10 Å². The predicted octanol–water partition coefficient (Wildman–Crippen LogP) is 7.30. The normalized spacial score (nSPS) is 17.3. The number of aliphatic hydroxyl groups excluding tert-OH is 1. The highest BCUT2D eigenvalue weighted by Crippen LogP contribution is 2.52. The maximum absolute atomic E-state index is 15.0. The summed E-state index contributed by atoms with van der Waals surface area (Å²) >= 11 is 0. The average molecular weight is 436 g/mol. The molecule has 2 aromatic carbocycles. The number of para-hydroxylation sites is 1. The minimum Gasteiger partial charge on any atom is -0.487 e. The Morgan fingerprint density at radius 1 is 1.03 bits per heavy atom. The third-order valence-corrected chi connectivity index (χ3v) is 7.08. The van der Waals surface area contributed by atoms with Gasteiger partial charge in [0.25, 0.3) is 0 Å². The number of aromatic nitrogens is 1. The molecule has 32 heavy (non-hydrogen) atoms. The number of halogens is 1. The Kier molecular flexibility index (Phi) is 7.10. The molecular formula is C28H34FNO2. The van der Waals surface area contributed by atoms with E-state index in [0.717, 1.165) is 73.5 Å². The van der Waals surface area contributed by atoms with Crippen LogP contribution in [-0.2, 0) is 13.0 Å². The molecule has 1 aliphatic carbocycles. The standard InChI is InChI=1S/C28H34FNO2/c1-3-5-16-28(17-6-4-2)18-15-22-25(14-13-23(29)26(22)27(28)31)32-19-21-12-11-20-9-7-8-10-24(20)30-21/h7-14,27,31H,3-6,15-19H2,1-2H3. The van der Waals surface area contributed by atoms with Crippen LogP contribution < -0.4 is 4.74 Å². The molecule has 3 nitrogen and oxygen atoms in total. The van der Waals surface area contributed by atoms with Gasteiger partial charge in [-0.2, -0.15) is 0 Å². The largest absolute Gasteiger partial charge is 0.487 e. The Balaban J connectivity index is 1.59. The summed E-state index contributed by atoms with van der Waals surface area (Å²) in [5.74, 6) is 0.343. The summed E-state index contributed by atoms with van der Waals surface area (Å²) in [6.45, 7) is 4.66. The van der Waals surface area contributed by atoms with E-state index in [0.29, 0.717) is 17.9 Å². The van der Waals surface area contributed by atoms with E-state index in [1.54, 1.807) is 6.07 Å². The zero-order valence-electron chi connectivity index (χ0n) is 19.2. The van der Waals surface area contributed by atoms with Gasteiger partial charge in [0.05, 0.1) is 17.3 Å². The van der Waals surface area contributed by atoms with Gasteiger partial charge in [-0.1, -0.05) is 63.8 Å². The van der Waals surface area contributed by atoms with Gasteiger partial charge in [0, 0.05) is 21.9 Å². The Morgan fingerprint density at radius 3 is 2.53 bits per heavy atom. The topological polar surface area (TPSA) is 42.4 Å². The van der Waals surface area contributed by atoms with E-state index in [-0.39, 0.29) is 11.2 Å². The highest BCUT2D eigenvalue weighted by atomic mass is 19.1. The highest BCUT2D eigenvalue weighted by molar-refractivity contribution is 5.78. The van der Waals surface area contributed by atoms with Crippen LogP contribution in [0.4, 0.5) is 4.39 Å². The van der Waals surface area contributed by atoms with Gasteiger partial charge < -0.3 is 9.84 Å². The molecule has 1 unspecified atom stereocenters. The van der Waals surface area contributed by atoms with Crippen molar-refractivity contribution < 1.29 is 14.2 Å². The van der Waals surface area contributed by atoms with Crippen molar-refractivity contribution in [3.05, 3.63) is 71.2 Å². The third kappa shape index (κ3) is 4.52. The van der Waals surface area contributed by atoms with Crippen molar-refractivity contribution in [3.63, 3.8) is 0 Å². The fraction of sp³-hybridized carbons (Fsp3) is 0.464. The summed E-state index contributed by atoms with van der Waals surface area (Å²) in [6, 6.07) is 15.1. The molecule has 4 heteroatoms. The molecule has 1 aromatic heterocycles. The number of fused-ring (bicyclic) bond motifs is 2. The number of unbranched alkanes of at least 4 members (excludes halogenated alkanes) is 2. The fourth-order valence-corrected chi connectivity index (χ4v) is 5.17. The summed E-state index contributed by atoms with van der Waals surface area (Å²) < 4.78 is 21.1. The van der Waals surface area contributed by atoms with Gasteiger partial charge in [0.15, 0.2) is 0 Å². The van der Waals surface area contributed by atoms with Crippen molar-refractivity contribution in [2.45, 2.75) is 77.9 Å².